The van der Waals surface area contributed by atoms with Gasteiger partial charge >= 0.3 is 0 Å². The van der Waals surface area contributed by atoms with E-state index in [4.69, 9.17) is 18.0 Å². The Morgan fingerprint density at radius 2 is 2.42 bits per heavy atom. The molecular weight excluding hydrogens is 172 g/mol. The minimum atomic E-state index is 0.375. The van der Waals surface area contributed by atoms with Crippen molar-refractivity contribution in [2.24, 2.45) is 5.73 Å². The molecule has 0 aliphatic rings. The Bertz CT molecular complexity index is 434. The van der Waals surface area contributed by atoms with Crippen LogP contribution in [0.3, 0.4) is 0 Å². The third kappa shape index (κ3) is 1.04. The van der Waals surface area contributed by atoms with E-state index < -0.39 is 0 Å². The van der Waals surface area contributed by atoms with E-state index in [0.29, 0.717) is 4.99 Å². The molecular formula is C7H6N4S. The number of hydrogen-bond acceptors (Lipinski definition) is 3. The lowest BCUT2D eigenvalue weighted by Crippen LogP contribution is -2.09. The summed E-state index contributed by atoms with van der Waals surface area (Å²) >= 11 is 4.82. The Balaban J connectivity index is 2.68. The van der Waals surface area contributed by atoms with Gasteiger partial charge in [0.25, 0.3) is 0 Å². The Labute approximate surface area is 74.0 Å². The van der Waals surface area contributed by atoms with Gasteiger partial charge in [-0.1, -0.05) is 12.2 Å². The average molecular weight is 178 g/mol. The van der Waals surface area contributed by atoms with Gasteiger partial charge in [0.1, 0.15) is 11.3 Å². The van der Waals surface area contributed by atoms with Crippen LogP contribution in [0.2, 0.25) is 0 Å². The molecule has 0 unspecified atom stereocenters. The molecule has 5 heteroatoms. The Hall–Kier alpha value is -1.49. The molecule has 4 nitrogen and oxygen atoms in total. The molecule has 0 aliphatic carbocycles. The van der Waals surface area contributed by atoms with Crippen LogP contribution in [0.5, 0.6) is 0 Å². The summed E-state index contributed by atoms with van der Waals surface area (Å²) < 4.78 is 1.65. The molecule has 2 heterocycles. The molecule has 60 valence electrons. The van der Waals surface area contributed by atoms with Crippen molar-refractivity contribution in [1.29, 1.82) is 0 Å². The van der Waals surface area contributed by atoms with Crippen molar-refractivity contribution >= 4 is 22.9 Å². The van der Waals surface area contributed by atoms with Crippen LogP contribution in [0, 0.1) is 0 Å². The number of thiocarbonyl (C=S) groups is 1. The number of aromatic nitrogens is 3. The van der Waals surface area contributed by atoms with E-state index in [1.165, 1.54) is 6.33 Å². The van der Waals surface area contributed by atoms with Gasteiger partial charge in [-0.15, -0.1) is 0 Å². The SMILES string of the molecule is NC(=S)c1ccn2ncnc2c1. The number of fused-ring (bicyclic) bond motifs is 1. The van der Waals surface area contributed by atoms with Crippen LogP contribution in [0.1, 0.15) is 5.56 Å². The van der Waals surface area contributed by atoms with Crippen molar-refractivity contribution in [2.75, 3.05) is 0 Å². The number of pyridine rings is 1. The van der Waals surface area contributed by atoms with Gasteiger partial charge in [0.05, 0.1) is 0 Å². The number of rotatable bonds is 1. The van der Waals surface area contributed by atoms with Crippen LogP contribution in [0.25, 0.3) is 5.65 Å². The largest absolute Gasteiger partial charge is 0.389 e. The molecule has 0 spiro atoms. The van der Waals surface area contributed by atoms with E-state index in [1.807, 2.05) is 6.07 Å². The molecule has 2 rings (SSSR count). The number of hydrogen-bond donors (Lipinski definition) is 1. The van der Waals surface area contributed by atoms with E-state index in [0.717, 1.165) is 11.2 Å². The highest BCUT2D eigenvalue weighted by molar-refractivity contribution is 7.80. The second-order valence-corrected chi connectivity index (χ2v) is 2.78. The van der Waals surface area contributed by atoms with Gasteiger partial charge < -0.3 is 5.73 Å². The zero-order valence-electron chi connectivity index (χ0n) is 6.14. The highest BCUT2D eigenvalue weighted by Crippen LogP contribution is 2.02. The summed E-state index contributed by atoms with van der Waals surface area (Å²) in [5, 5.41) is 3.94. The van der Waals surface area contributed by atoms with Crippen LogP contribution in [-0.2, 0) is 0 Å². The van der Waals surface area contributed by atoms with Crippen LogP contribution >= 0.6 is 12.2 Å². The predicted octanol–water partition coefficient (Wildman–Crippen LogP) is 0.364. The topological polar surface area (TPSA) is 56.2 Å². The average Bonchev–Trinajstić information content (AvgIpc) is 2.49. The minimum Gasteiger partial charge on any atom is -0.389 e. The second kappa shape index (κ2) is 2.53. The summed E-state index contributed by atoms with van der Waals surface area (Å²) in [6.07, 6.45) is 3.26. The lowest BCUT2D eigenvalue weighted by molar-refractivity contribution is 0.960. The van der Waals surface area contributed by atoms with Gasteiger partial charge in [0, 0.05) is 11.8 Å². The van der Waals surface area contributed by atoms with Crippen LogP contribution in [-0.4, -0.2) is 19.6 Å². The van der Waals surface area contributed by atoms with Crippen molar-refractivity contribution in [3.63, 3.8) is 0 Å². The van der Waals surface area contributed by atoms with E-state index in [2.05, 4.69) is 10.1 Å². The van der Waals surface area contributed by atoms with Crippen molar-refractivity contribution < 1.29 is 0 Å². The fourth-order valence-corrected chi connectivity index (χ4v) is 1.10. The lowest BCUT2D eigenvalue weighted by atomic mass is 10.3. The molecule has 2 aromatic heterocycles. The van der Waals surface area contributed by atoms with Gasteiger partial charge in [0.15, 0.2) is 5.65 Å². The predicted molar refractivity (Wildman–Crippen MR) is 48.9 cm³/mol. The zero-order valence-corrected chi connectivity index (χ0v) is 6.95. The van der Waals surface area contributed by atoms with Gasteiger partial charge in [-0.3, -0.25) is 0 Å². The van der Waals surface area contributed by atoms with Crippen LogP contribution in [0.4, 0.5) is 0 Å². The molecule has 0 fully saturated rings. The van der Waals surface area contributed by atoms with E-state index >= 15 is 0 Å². The molecule has 0 saturated heterocycles. The van der Waals surface area contributed by atoms with Gasteiger partial charge in [-0.2, -0.15) is 5.10 Å². The zero-order chi connectivity index (χ0) is 8.55. The lowest BCUT2D eigenvalue weighted by Gasteiger charge is -1.96. The first kappa shape index (κ1) is 7.17. The molecule has 0 bridgehead atoms. The molecule has 0 aliphatic heterocycles. The fraction of sp³-hybridized carbons (Fsp3) is 0. The first-order valence-electron chi connectivity index (χ1n) is 3.36. The van der Waals surface area contributed by atoms with Gasteiger partial charge in [0.2, 0.25) is 0 Å². The Morgan fingerprint density at radius 3 is 3.17 bits per heavy atom. The first-order chi connectivity index (χ1) is 5.77. The quantitative estimate of drug-likeness (QED) is 0.641. The van der Waals surface area contributed by atoms with Crippen molar-refractivity contribution in [1.82, 2.24) is 14.6 Å². The van der Waals surface area contributed by atoms with E-state index in [1.54, 1.807) is 16.8 Å². The maximum absolute atomic E-state index is 5.45. The molecule has 0 atom stereocenters. The summed E-state index contributed by atoms with van der Waals surface area (Å²) in [5.41, 5.74) is 7.01. The van der Waals surface area contributed by atoms with Crippen LogP contribution < -0.4 is 5.73 Å². The monoisotopic (exact) mass is 178 g/mol. The number of nitrogens with two attached hydrogens (primary N) is 1. The highest BCUT2D eigenvalue weighted by Gasteiger charge is 1.98. The maximum Gasteiger partial charge on any atom is 0.155 e. The van der Waals surface area contributed by atoms with Crippen molar-refractivity contribution in [3.8, 4) is 0 Å². The summed E-state index contributed by atoms with van der Waals surface area (Å²) in [5.74, 6) is 0. The molecule has 0 saturated carbocycles. The number of nitrogens with zero attached hydrogens (tertiary/aromatic N) is 3. The molecule has 2 N–H and O–H groups in total. The highest BCUT2D eigenvalue weighted by atomic mass is 32.1. The molecule has 12 heavy (non-hydrogen) atoms. The summed E-state index contributed by atoms with van der Waals surface area (Å²) in [4.78, 5) is 4.37. The Morgan fingerprint density at radius 1 is 1.58 bits per heavy atom. The van der Waals surface area contributed by atoms with E-state index in [9.17, 15) is 0 Å². The smallest absolute Gasteiger partial charge is 0.155 e. The third-order valence-corrected chi connectivity index (χ3v) is 1.80. The van der Waals surface area contributed by atoms with Crippen molar-refractivity contribution in [3.05, 3.63) is 30.2 Å². The maximum atomic E-state index is 5.45. The molecule has 0 amide bonds. The van der Waals surface area contributed by atoms with E-state index in [-0.39, 0.29) is 0 Å². The normalized spacial score (nSPS) is 10.3. The first-order valence-corrected chi connectivity index (χ1v) is 3.77. The molecule has 0 radical (unpaired) electrons. The van der Waals surface area contributed by atoms with Gasteiger partial charge in [-0.05, 0) is 12.1 Å². The summed E-state index contributed by atoms with van der Waals surface area (Å²) in [6.45, 7) is 0. The summed E-state index contributed by atoms with van der Waals surface area (Å²) in [6, 6.07) is 3.61. The van der Waals surface area contributed by atoms with Gasteiger partial charge in [-0.25, -0.2) is 9.50 Å². The standard InChI is InChI=1S/C7H6N4S/c8-7(12)5-1-2-11-6(3-5)9-4-10-11/h1-4H,(H2,8,12). The summed E-state index contributed by atoms with van der Waals surface area (Å²) in [7, 11) is 0. The van der Waals surface area contributed by atoms with Crippen LogP contribution in [0.15, 0.2) is 24.7 Å². The molecule has 0 aromatic carbocycles. The minimum absolute atomic E-state index is 0.375. The second-order valence-electron chi connectivity index (χ2n) is 2.34. The van der Waals surface area contributed by atoms with Crippen molar-refractivity contribution in [2.45, 2.75) is 0 Å². The fourth-order valence-electron chi connectivity index (χ4n) is 0.969. The third-order valence-electron chi connectivity index (χ3n) is 1.57. The molecule has 2 aromatic rings. The Kier molecular flexibility index (Phi) is 1.51.